The third-order valence-electron chi connectivity index (χ3n) is 3.05. The highest BCUT2D eigenvalue weighted by molar-refractivity contribution is 5.67. The van der Waals surface area contributed by atoms with E-state index in [-0.39, 0.29) is 6.73 Å². The molecule has 2 aromatic rings. The number of anilines is 2. The average Bonchev–Trinajstić information content (AvgIpc) is 2.54. The molecule has 0 bridgehead atoms. The number of benzene rings is 2. The molecule has 0 aliphatic rings. The Morgan fingerprint density at radius 2 is 1.55 bits per heavy atom. The van der Waals surface area contributed by atoms with Crippen LogP contribution < -0.4 is 16.2 Å². The molecule has 0 aromatic heterocycles. The largest absolute Gasteiger partial charge is 0.473 e. The predicted molar refractivity (Wildman–Crippen MR) is 85.2 cm³/mol. The van der Waals surface area contributed by atoms with E-state index < -0.39 is 6.09 Å². The van der Waals surface area contributed by atoms with Crippen LogP contribution in [0.5, 0.6) is 5.75 Å². The van der Waals surface area contributed by atoms with Gasteiger partial charge in [-0.25, -0.2) is 4.79 Å². The second-order valence-electron chi connectivity index (χ2n) is 4.75. The molecule has 0 saturated carbocycles. The molecule has 2 aromatic carbocycles. The van der Waals surface area contributed by atoms with Crippen LogP contribution in [0.2, 0.25) is 0 Å². The molecule has 0 atom stereocenters. The summed E-state index contributed by atoms with van der Waals surface area (Å²) in [6.45, 7) is 0.433. The Hall–Kier alpha value is -2.89. The lowest BCUT2D eigenvalue weighted by Gasteiger charge is -2.21. The molecule has 0 unspecified atom stereocenters. The van der Waals surface area contributed by atoms with Gasteiger partial charge in [-0.1, -0.05) is 12.1 Å². The molecular formula is C16H19N3O3. The van der Waals surface area contributed by atoms with E-state index in [4.69, 9.17) is 20.9 Å². The molecule has 4 N–H and O–H groups in total. The van der Waals surface area contributed by atoms with Crippen LogP contribution in [0, 0.1) is 0 Å². The highest BCUT2D eigenvalue weighted by Gasteiger charge is 2.15. The third-order valence-corrected chi connectivity index (χ3v) is 3.05. The van der Waals surface area contributed by atoms with E-state index in [9.17, 15) is 4.79 Å². The van der Waals surface area contributed by atoms with Gasteiger partial charge in [-0.15, -0.1) is 0 Å². The number of nitrogen functional groups attached to an aromatic ring is 2. The summed E-state index contributed by atoms with van der Waals surface area (Å²) >= 11 is 0. The third kappa shape index (κ3) is 4.31. The molecule has 0 fully saturated rings. The van der Waals surface area contributed by atoms with Gasteiger partial charge in [-0.05, 0) is 42.0 Å². The Balaban J connectivity index is 2.01. The molecule has 6 nitrogen and oxygen atoms in total. The van der Waals surface area contributed by atoms with Gasteiger partial charge in [0.1, 0.15) is 5.75 Å². The lowest BCUT2D eigenvalue weighted by molar-refractivity contribution is 0.0804. The van der Waals surface area contributed by atoms with Crippen molar-refractivity contribution in [3.05, 3.63) is 54.1 Å². The van der Waals surface area contributed by atoms with Gasteiger partial charge in [0.2, 0.25) is 0 Å². The lowest BCUT2D eigenvalue weighted by atomic mass is 10.2. The maximum absolute atomic E-state index is 11.8. The fourth-order valence-electron chi connectivity index (χ4n) is 1.85. The van der Waals surface area contributed by atoms with Crippen molar-refractivity contribution in [2.45, 2.75) is 6.54 Å². The summed E-state index contributed by atoms with van der Waals surface area (Å²) in [6.07, 6.45) is -0.465. The zero-order chi connectivity index (χ0) is 15.9. The van der Waals surface area contributed by atoms with Crippen molar-refractivity contribution < 1.29 is 14.3 Å². The van der Waals surface area contributed by atoms with Crippen molar-refractivity contribution in [3.8, 4) is 5.75 Å². The van der Waals surface area contributed by atoms with Gasteiger partial charge in [0.15, 0.2) is 6.73 Å². The summed E-state index contributed by atoms with van der Waals surface area (Å²) in [4.78, 5) is 13.3. The summed E-state index contributed by atoms with van der Waals surface area (Å²) in [5.74, 6) is 0.625. The van der Waals surface area contributed by atoms with Crippen LogP contribution in [0.3, 0.4) is 0 Å². The van der Waals surface area contributed by atoms with Crippen molar-refractivity contribution in [2.75, 3.05) is 25.3 Å². The maximum atomic E-state index is 11.8. The van der Waals surface area contributed by atoms with E-state index in [1.165, 1.54) is 12.0 Å². The standard InChI is InChI=1S/C16H19N3O3/c1-21-16(20)19(10-12-2-4-13(17)5-3-12)11-22-15-8-6-14(18)7-9-15/h2-9H,10-11,17-18H2,1H3. The molecule has 2 rings (SSSR count). The molecule has 1 amide bonds. The topological polar surface area (TPSA) is 90.8 Å². The maximum Gasteiger partial charge on any atom is 0.412 e. The van der Waals surface area contributed by atoms with Crippen molar-refractivity contribution in [2.24, 2.45) is 0 Å². The lowest BCUT2D eigenvalue weighted by Crippen LogP contribution is -2.33. The number of hydrogen-bond donors (Lipinski definition) is 2. The molecule has 0 radical (unpaired) electrons. The van der Waals surface area contributed by atoms with Gasteiger partial charge >= 0.3 is 6.09 Å². The highest BCUT2D eigenvalue weighted by Crippen LogP contribution is 2.15. The molecule has 22 heavy (non-hydrogen) atoms. The summed E-state index contributed by atoms with van der Waals surface area (Å²) in [5.41, 5.74) is 13.5. The molecule has 116 valence electrons. The zero-order valence-electron chi connectivity index (χ0n) is 12.4. The molecule has 6 heteroatoms. The highest BCUT2D eigenvalue weighted by atomic mass is 16.6. The number of amides is 1. The fourth-order valence-corrected chi connectivity index (χ4v) is 1.85. The minimum absolute atomic E-state index is 0.0704. The number of carbonyl (C=O) groups is 1. The molecule has 0 spiro atoms. The van der Waals surface area contributed by atoms with Crippen LogP contribution in [-0.2, 0) is 11.3 Å². The van der Waals surface area contributed by atoms with Gasteiger partial charge in [0.25, 0.3) is 0 Å². The zero-order valence-corrected chi connectivity index (χ0v) is 12.4. The normalized spacial score (nSPS) is 10.0. The smallest absolute Gasteiger partial charge is 0.412 e. The molecule has 0 aliphatic heterocycles. The van der Waals surface area contributed by atoms with Gasteiger partial charge < -0.3 is 20.9 Å². The Morgan fingerprint density at radius 3 is 2.09 bits per heavy atom. The molecule has 0 saturated heterocycles. The first-order valence-corrected chi connectivity index (χ1v) is 6.74. The van der Waals surface area contributed by atoms with Crippen LogP contribution in [0.1, 0.15) is 5.56 Å². The monoisotopic (exact) mass is 301 g/mol. The van der Waals surface area contributed by atoms with Crippen molar-refractivity contribution >= 4 is 17.5 Å². The number of methoxy groups -OCH3 is 1. The van der Waals surface area contributed by atoms with E-state index in [0.29, 0.717) is 23.7 Å². The minimum atomic E-state index is -0.465. The van der Waals surface area contributed by atoms with Gasteiger partial charge in [-0.3, -0.25) is 4.90 Å². The van der Waals surface area contributed by atoms with E-state index in [2.05, 4.69) is 0 Å². The Morgan fingerprint density at radius 1 is 1.00 bits per heavy atom. The number of carbonyl (C=O) groups excluding carboxylic acids is 1. The molecule has 0 heterocycles. The molecular weight excluding hydrogens is 282 g/mol. The fraction of sp³-hybridized carbons (Fsp3) is 0.188. The first-order chi connectivity index (χ1) is 10.6. The summed E-state index contributed by atoms with van der Waals surface area (Å²) in [5, 5.41) is 0. The Labute approximate surface area is 129 Å². The Bertz CT molecular complexity index is 612. The van der Waals surface area contributed by atoms with E-state index in [1.54, 1.807) is 36.4 Å². The van der Waals surface area contributed by atoms with Crippen LogP contribution >= 0.6 is 0 Å². The second kappa shape index (κ2) is 7.21. The molecule has 0 aliphatic carbocycles. The van der Waals surface area contributed by atoms with E-state index in [0.717, 1.165) is 5.56 Å². The number of hydrogen-bond acceptors (Lipinski definition) is 5. The summed E-state index contributed by atoms with van der Waals surface area (Å²) in [6, 6.07) is 14.2. The number of ether oxygens (including phenoxy) is 2. The minimum Gasteiger partial charge on any atom is -0.473 e. The Kier molecular flexibility index (Phi) is 5.08. The van der Waals surface area contributed by atoms with Gasteiger partial charge in [-0.2, -0.15) is 0 Å². The quantitative estimate of drug-likeness (QED) is 0.654. The summed E-state index contributed by atoms with van der Waals surface area (Å²) < 4.78 is 10.4. The van der Waals surface area contributed by atoms with E-state index in [1.807, 2.05) is 12.1 Å². The number of nitrogens with zero attached hydrogens (tertiary/aromatic N) is 1. The van der Waals surface area contributed by atoms with Crippen LogP contribution in [0.4, 0.5) is 16.2 Å². The van der Waals surface area contributed by atoms with E-state index >= 15 is 0 Å². The van der Waals surface area contributed by atoms with Crippen LogP contribution in [0.25, 0.3) is 0 Å². The van der Waals surface area contributed by atoms with Crippen LogP contribution in [0.15, 0.2) is 48.5 Å². The second-order valence-corrected chi connectivity index (χ2v) is 4.75. The van der Waals surface area contributed by atoms with Gasteiger partial charge in [0, 0.05) is 11.4 Å². The van der Waals surface area contributed by atoms with Crippen molar-refractivity contribution in [1.82, 2.24) is 4.90 Å². The number of nitrogens with two attached hydrogens (primary N) is 2. The average molecular weight is 301 g/mol. The van der Waals surface area contributed by atoms with Gasteiger partial charge in [0.05, 0.1) is 13.7 Å². The number of rotatable bonds is 5. The van der Waals surface area contributed by atoms with Crippen molar-refractivity contribution in [1.29, 1.82) is 0 Å². The van der Waals surface area contributed by atoms with Crippen LogP contribution in [-0.4, -0.2) is 24.8 Å². The summed E-state index contributed by atoms with van der Waals surface area (Å²) in [7, 11) is 1.33. The SMILES string of the molecule is COC(=O)N(COc1ccc(N)cc1)Cc1ccc(N)cc1. The first-order valence-electron chi connectivity index (χ1n) is 6.74. The first kappa shape index (κ1) is 15.5. The predicted octanol–water partition coefficient (Wildman–Crippen LogP) is 2.46. The van der Waals surface area contributed by atoms with Crippen molar-refractivity contribution in [3.63, 3.8) is 0 Å².